The van der Waals surface area contributed by atoms with Gasteiger partial charge in [0.1, 0.15) is 6.04 Å². The molecule has 1 atom stereocenters. The third kappa shape index (κ3) is 7.04. The first-order valence-electron chi connectivity index (χ1n) is 10.8. The first-order chi connectivity index (χ1) is 17.0. The van der Waals surface area contributed by atoms with E-state index in [0.29, 0.717) is 25.9 Å². The molecule has 2 aromatic carbocycles. The lowest BCUT2D eigenvalue weighted by Gasteiger charge is -2.33. The largest absolute Gasteiger partial charge is 0.490 e. The van der Waals surface area contributed by atoms with E-state index < -0.39 is 18.2 Å². The molecule has 0 saturated carbocycles. The molecule has 0 bridgehead atoms. The van der Waals surface area contributed by atoms with E-state index in [9.17, 15) is 22.8 Å². The summed E-state index contributed by atoms with van der Waals surface area (Å²) >= 11 is 3.38. The van der Waals surface area contributed by atoms with Crippen LogP contribution in [0.25, 0.3) is 10.9 Å². The fourth-order valence-corrected chi connectivity index (χ4v) is 3.90. The first-order valence-corrected chi connectivity index (χ1v) is 11.6. The number of benzene rings is 2. The summed E-state index contributed by atoms with van der Waals surface area (Å²) in [5, 5.41) is 17.9. The average Bonchev–Trinajstić information content (AvgIpc) is 3.31. The van der Waals surface area contributed by atoms with Crippen molar-refractivity contribution in [3.63, 3.8) is 0 Å². The fraction of sp³-hybridized carbons (Fsp3) is 0.304. The Bertz CT molecular complexity index is 1220. The van der Waals surface area contributed by atoms with Crippen molar-refractivity contribution in [1.29, 1.82) is 0 Å². The summed E-state index contributed by atoms with van der Waals surface area (Å²) < 4.78 is 32.7. The molecule has 13 heteroatoms. The zero-order valence-corrected chi connectivity index (χ0v) is 20.3. The number of alkyl halides is 3. The van der Waals surface area contributed by atoms with E-state index in [-0.39, 0.29) is 17.7 Å². The predicted octanol–water partition coefficient (Wildman–Crippen LogP) is 3.84. The molecule has 3 aromatic rings. The number of hydrogen-bond acceptors (Lipinski definition) is 5. The number of rotatable bonds is 4. The molecule has 0 aliphatic carbocycles. The van der Waals surface area contributed by atoms with Crippen LogP contribution in [0.5, 0.6) is 0 Å². The highest BCUT2D eigenvalue weighted by atomic mass is 79.9. The van der Waals surface area contributed by atoms with Crippen LogP contribution in [0.3, 0.4) is 0 Å². The molecule has 192 valence electrons. The third-order valence-electron chi connectivity index (χ3n) is 5.62. The number of carboxylic acid groups (broad SMARTS) is 1. The molecule has 1 aliphatic rings. The number of carbonyl (C=O) groups excluding carboxylic acids is 2. The van der Waals surface area contributed by atoms with E-state index in [2.05, 4.69) is 31.4 Å². The van der Waals surface area contributed by atoms with Crippen LogP contribution >= 0.6 is 15.9 Å². The van der Waals surface area contributed by atoms with Crippen molar-refractivity contribution in [2.75, 3.05) is 18.4 Å². The number of anilines is 1. The van der Waals surface area contributed by atoms with E-state index in [1.165, 1.54) is 0 Å². The van der Waals surface area contributed by atoms with Crippen LogP contribution in [0, 0.1) is 5.92 Å². The number of fused-ring (bicyclic) bond motifs is 1. The zero-order valence-electron chi connectivity index (χ0n) is 18.8. The Balaban J connectivity index is 0.000000454. The molecular formula is C23H23BrF3N5O4. The number of nitrogens with two attached hydrogens (primary N) is 1. The number of carboxylic acids is 1. The summed E-state index contributed by atoms with van der Waals surface area (Å²) in [6.07, 6.45) is -2.11. The predicted molar refractivity (Wildman–Crippen MR) is 129 cm³/mol. The van der Waals surface area contributed by atoms with Gasteiger partial charge in [0.05, 0.1) is 11.7 Å². The molecule has 1 aliphatic heterocycles. The molecule has 9 nitrogen and oxygen atoms in total. The van der Waals surface area contributed by atoms with Crippen LogP contribution in [0.4, 0.5) is 18.9 Å². The van der Waals surface area contributed by atoms with Gasteiger partial charge in [0.2, 0.25) is 11.8 Å². The van der Waals surface area contributed by atoms with Crippen molar-refractivity contribution in [2.24, 2.45) is 11.7 Å². The molecular weight excluding hydrogens is 547 g/mol. The highest BCUT2D eigenvalue weighted by Gasteiger charge is 2.38. The minimum absolute atomic E-state index is 0.0165. The number of nitrogens with one attached hydrogen (secondary N) is 2. The van der Waals surface area contributed by atoms with Crippen LogP contribution in [0.1, 0.15) is 24.4 Å². The summed E-state index contributed by atoms with van der Waals surface area (Å²) in [6, 6.07) is 12.4. The standard InChI is InChI=1S/C21H22BrN5O2.C2HF3O2/c22-16-3-1-13(2-4-16)19(23)21(29)27-9-7-14(8-10-27)20(28)25-17-5-6-18-15(11-17)12-24-26-18;3-2(4,5)1(6)7/h1-6,11-12,14,19H,7-10,23H2,(H,24,26)(H,25,28);(H,6,7). The summed E-state index contributed by atoms with van der Waals surface area (Å²) in [7, 11) is 0. The van der Waals surface area contributed by atoms with Gasteiger partial charge in [-0.05, 0) is 48.7 Å². The molecule has 1 fully saturated rings. The number of aromatic amines is 1. The van der Waals surface area contributed by atoms with Crippen molar-refractivity contribution in [1.82, 2.24) is 15.1 Å². The second kappa shape index (κ2) is 11.5. The number of nitrogens with zero attached hydrogens (tertiary/aromatic N) is 2. The number of likely N-dealkylation sites (tertiary alicyclic amines) is 1. The molecule has 0 spiro atoms. The Kier molecular flexibility index (Phi) is 8.69. The fourth-order valence-electron chi connectivity index (χ4n) is 3.64. The Morgan fingerprint density at radius 3 is 2.33 bits per heavy atom. The molecule has 0 radical (unpaired) electrons. The Morgan fingerprint density at radius 1 is 1.14 bits per heavy atom. The lowest BCUT2D eigenvalue weighted by atomic mass is 9.94. The van der Waals surface area contributed by atoms with Crippen molar-refractivity contribution < 1.29 is 32.7 Å². The Hall–Kier alpha value is -3.45. The second-order valence-corrected chi connectivity index (χ2v) is 9.01. The van der Waals surface area contributed by atoms with E-state index in [4.69, 9.17) is 15.6 Å². The highest BCUT2D eigenvalue weighted by molar-refractivity contribution is 9.10. The second-order valence-electron chi connectivity index (χ2n) is 8.09. The lowest BCUT2D eigenvalue weighted by molar-refractivity contribution is -0.192. The van der Waals surface area contributed by atoms with Crippen LogP contribution < -0.4 is 11.1 Å². The van der Waals surface area contributed by atoms with Crippen LogP contribution in [0.15, 0.2) is 53.1 Å². The van der Waals surface area contributed by atoms with E-state index in [1.807, 2.05) is 42.5 Å². The molecule has 36 heavy (non-hydrogen) atoms. The van der Waals surface area contributed by atoms with Gasteiger partial charge in [0, 0.05) is 34.6 Å². The Labute approximate surface area is 212 Å². The molecule has 1 aromatic heterocycles. The minimum Gasteiger partial charge on any atom is -0.475 e. The maximum Gasteiger partial charge on any atom is 0.490 e. The highest BCUT2D eigenvalue weighted by Crippen LogP contribution is 2.24. The number of carbonyl (C=O) groups is 3. The van der Waals surface area contributed by atoms with Crippen molar-refractivity contribution >= 4 is 50.3 Å². The lowest BCUT2D eigenvalue weighted by Crippen LogP contribution is -2.45. The van der Waals surface area contributed by atoms with E-state index in [1.54, 1.807) is 11.1 Å². The van der Waals surface area contributed by atoms with Crippen LogP contribution in [0.2, 0.25) is 0 Å². The van der Waals surface area contributed by atoms with Crippen LogP contribution in [-0.2, 0) is 14.4 Å². The first kappa shape index (κ1) is 27.1. The van der Waals surface area contributed by atoms with Gasteiger partial charge in [-0.3, -0.25) is 14.7 Å². The minimum atomic E-state index is -5.08. The maximum absolute atomic E-state index is 12.7. The molecule has 1 unspecified atom stereocenters. The summed E-state index contributed by atoms with van der Waals surface area (Å²) in [4.78, 5) is 36.0. The van der Waals surface area contributed by atoms with Gasteiger partial charge in [0.25, 0.3) is 0 Å². The number of amides is 2. The van der Waals surface area contributed by atoms with Crippen molar-refractivity contribution in [3.05, 3.63) is 58.7 Å². The van der Waals surface area contributed by atoms with Gasteiger partial charge in [-0.1, -0.05) is 28.1 Å². The van der Waals surface area contributed by atoms with Crippen LogP contribution in [-0.4, -0.2) is 57.3 Å². The maximum atomic E-state index is 12.7. The molecule has 1 saturated heterocycles. The van der Waals surface area contributed by atoms with Gasteiger partial charge in [0.15, 0.2) is 0 Å². The van der Waals surface area contributed by atoms with Gasteiger partial charge in [-0.15, -0.1) is 0 Å². The molecule has 5 N–H and O–H groups in total. The van der Waals surface area contributed by atoms with Crippen molar-refractivity contribution in [2.45, 2.75) is 25.1 Å². The normalized spacial score (nSPS) is 15.1. The van der Waals surface area contributed by atoms with Gasteiger partial charge in [-0.2, -0.15) is 18.3 Å². The summed E-state index contributed by atoms with van der Waals surface area (Å²) in [5.74, 6) is -3.00. The zero-order chi connectivity index (χ0) is 26.5. The van der Waals surface area contributed by atoms with E-state index in [0.717, 1.165) is 26.6 Å². The topological polar surface area (TPSA) is 141 Å². The third-order valence-corrected chi connectivity index (χ3v) is 6.15. The summed E-state index contributed by atoms with van der Waals surface area (Å²) in [5.41, 5.74) is 8.62. The molecule has 2 amide bonds. The van der Waals surface area contributed by atoms with Gasteiger partial charge in [-0.25, -0.2) is 4.79 Å². The Morgan fingerprint density at radius 2 is 1.75 bits per heavy atom. The van der Waals surface area contributed by atoms with Gasteiger partial charge >= 0.3 is 12.1 Å². The number of hydrogen-bond donors (Lipinski definition) is 4. The van der Waals surface area contributed by atoms with E-state index >= 15 is 0 Å². The monoisotopic (exact) mass is 569 g/mol. The SMILES string of the molecule is NC(C(=O)N1CCC(C(=O)Nc2ccc3[nH]ncc3c2)CC1)c1ccc(Br)cc1.O=C(O)C(F)(F)F. The summed E-state index contributed by atoms with van der Waals surface area (Å²) in [6.45, 7) is 1.06. The number of aliphatic carboxylic acids is 1. The molecule has 2 heterocycles. The smallest absolute Gasteiger partial charge is 0.475 e. The number of aromatic nitrogens is 2. The molecule has 4 rings (SSSR count). The number of H-pyrrole nitrogens is 1. The quantitative estimate of drug-likeness (QED) is 0.376. The number of piperidine rings is 1. The average molecular weight is 570 g/mol. The number of halogens is 4. The van der Waals surface area contributed by atoms with Gasteiger partial charge < -0.3 is 21.1 Å². The van der Waals surface area contributed by atoms with Crippen molar-refractivity contribution in [3.8, 4) is 0 Å².